The standard InChI is InChI=1S/C29H24ClNO5/c1-4-12-31-26(19-10-11-22(24(14-19)34-3)35-16-18-8-6-5-7-9-18)25-27(32)20-15-21(30)17(2)13-23(20)36-28(25)29(31)33/h4-11,13-15,26H,1,12,16H2,2-3H3. The Morgan fingerprint density at radius 1 is 1.08 bits per heavy atom. The molecule has 1 unspecified atom stereocenters. The quantitative estimate of drug-likeness (QED) is 0.287. The molecule has 0 aliphatic carbocycles. The van der Waals surface area contributed by atoms with E-state index in [1.54, 1.807) is 42.4 Å². The molecule has 0 saturated heterocycles. The molecule has 36 heavy (non-hydrogen) atoms. The molecule has 1 aliphatic rings. The molecule has 0 N–H and O–H groups in total. The fourth-order valence-corrected chi connectivity index (χ4v) is 4.69. The van der Waals surface area contributed by atoms with Crippen molar-refractivity contribution in [1.29, 1.82) is 0 Å². The van der Waals surface area contributed by atoms with Crippen molar-refractivity contribution in [2.45, 2.75) is 19.6 Å². The summed E-state index contributed by atoms with van der Waals surface area (Å²) in [6, 6.07) is 17.8. The van der Waals surface area contributed by atoms with E-state index in [0.717, 1.165) is 11.1 Å². The summed E-state index contributed by atoms with van der Waals surface area (Å²) < 4.78 is 17.6. The highest BCUT2D eigenvalue weighted by Crippen LogP contribution is 2.41. The van der Waals surface area contributed by atoms with E-state index in [-0.39, 0.29) is 29.2 Å². The van der Waals surface area contributed by atoms with Gasteiger partial charge in [0.05, 0.1) is 24.1 Å². The minimum absolute atomic E-state index is 0.0319. The number of carbonyl (C=O) groups is 1. The van der Waals surface area contributed by atoms with E-state index in [9.17, 15) is 9.59 Å². The number of methoxy groups -OCH3 is 1. The predicted molar refractivity (Wildman–Crippen MR) is 139 cm³/mol. The molecular weight excluding hydrogens is 478 g/mol. The number of rotatable bonds is 7. The number of hydrogen-bond donors (Lipinski definition) is 0. The molecule has 1 atom stereocenters. The van der Waals surface area contributed by atoms with Crippen molar-refractivity contribution in [3.63, 3.8) is 0 Å². The number of benzene rings is 3. The maximum atomic E-state index is 13.7. The van der Waals surface area contributed by atoms with Crippen molar-refractivity contribution in [2.75, 3.05) is 13.7 Å². The van der Waals surface area contributed by atoms with E-state index in [4.69, 9.17) is 25.5 Å². The zero-order valence-corrected chi connectivity index (χ0v) is 20.7. The second kappa shape index (κ2) is 9.55. The van der Waals surface area contributed by atoms with E-state index >= 15 is 0 Å². The number of fused-ring (bicyclic) bond motifs is 2. The van der Waals surface area contributed by atoms with Crippen LogP contribution in [0.5, 0.6) is 11.5 Å². The SMILES string of the molecule is C=CCN1C(=O)c2oc3cc(C)c(Cl)cc3c(=O)c2C1c1ccc(OCc2ccccc2)c(OC)c1. The molecular formula is C29H24ClNO5. The van der Waals surface area contributed by atoms with E-state index in [0.29, 0.717) is 39.7 Å². The molecule has 0 fully saturated rings. The van der Waals surface area contributed by atoms with Gasteiger partial charge in [-0.05, 0) is 47.9 Å². The molecule has 1 aliphatic heterocycles. The summed E-state index contributed by atoms with van der Waals surface area (Å²) in [5, 5.41) is 0.789. The molecule has 7 heteroatoms. The number of ether oxygens (including phenoxy) is 2. The van der Waals surface area contributed by atoms with Crippen molar-refractivity contribution in [3.05, 3.63) is 117 Å². The first-order chi connectivity index (χ1) is 17.4. The first-order valence-corrected chi connectivity index (χ1v) is 11.8. The average Bonchev–Trinajstić information content (AvgIpc) is 3.16. The average molecular weight is 502 g/mol. The summed E-state index contributed by atoms with van der Waals surface area (Å²) in [6.45, 7) is 6.21. The highest BCUT2D eigenvalue weighted by atomic mass is 35.5. The zero-order valence-electron chi connectivity index (χ0n) is 19.9. The molecule has 0 radical (unpaired) electrons. The van der Waals surface area contributed by atoms with Gasteiger partial charge in [0.15, 0.2) is 16.9 Å². The van der Waals surface area contributed by atoms with Crippen LogP contribution in [0.1, 0.15) is 38.9 Å². The molecule has 1 amide bonds. The topological polar surface area (TPSA) is 69.0 Å². The van der Waals surface area contributed by atoms with Crippen LogP contribution < -0.4 is 14.9 Å². The number of nitrogens with zero attached hydrogens (tertiary/aromatic N) is 1. The third kappa shape index (κ3) is 4.03. The van der Waals surface area contributed by atoms with E-state index in [1.807, 2.05) is 43.3 Å². The lowest BCUT2D eigenvalue weighted by Crippen LogP contribution is -2.29. The van der Waals surface area contributed by atoms with Gasteiger partial charge in [-0.2, -0.15) is 0 Å². The van der Waals surface area contributed by atoms with Gasteiger partial charge in [0.1, 0.15) is 12.2 Å². The third-order valence-corrected chi connectivity index (χ3v) is 6.72. The Kier molecular flexibility index (Phi) is 6.29. The van der Waals surface area contributed by atoms with Gasteiger partial charge in [0.2, 0.25) is 5.76 Å². The second-order valence-corrected chi connectivity index (χ2v) is 9.01. The zero-order chi connectivity index (χ0) is 25.4. The van der Waals surface area contributed by atoms with Crippen LogP contribution in [0.25, 0.3) is 11.0 Å². The normalized spacial score (nSPS) is 14.7. The Hall–Kier alpha value is -4.03. The molecule has 1 aromatic heterocycles. The van der Waals surface area contributed by atoms with Gasteiger partial charge in [0.25, 0.3) is 5.91 Å². The molecule has 0 bridgehead atoms. The van der Waals surface area contributed by atoms with Gasteiger partial charge in [-0.15, -0.1) is 6.58 Å². The number of halogens is 1. The first kappa shape index (κ1) is 23.7. The molecule has 3 aromatic carbocycles. The lowest BCUT2D eigenvalue weighted by atomic mass is 9.97. The van der Waals surface area contributed by atoms with Crippen molar-refractivity contribution in [2.24, 2.45) is 0 Å². The van der Waals surface area contributed by atoms with E-state index in [2.05, 4.69) is 6.58 Å². The van der Waals surface area contributed by atoms with E-state index < -0.39 is 6.04 Å². The maximum absolute atomic E-state index is 13.7. The largest absolute Gasteiger partial charge is 0.493 e. The molecule has 0 saturated carbocycles. The Balaban J connectivity index is 1.60. The molecule has 4 aromatic rings. The number of carbonyl (C=O) groups excluding carboxylic acids is 1. The summed E-state index contributed by atoms with van der Waals surface area (Å²) in [4.78, 5) is 28.6. The summed E-state index contributed by atoms with van der Waals surface area (Å²) in [7, 11) is 1.55. The fraction of sp³-hybridized carbons (Fsp3) is 0.172. The van der Waals surface area contributed by atoms with E-state index in [1.165, 1.54) is 0 Å². The Morgan fingerprint density at radius 2 is 1.86 bits per heavy atom. The van der Waals surface area contributed by atoms with Crippen LogP contribution in [0, 0.1) is 6.92 Å². The molecule has 6 nitrogen and oxygen atoms in total. The summed E-state index contributed by atoms with van der Waals surface area (Å²) >= 11 is 6.30. The molecule has 182 valence electrons. The molecule has 5 rings (SSSR count). The number of aryl methyl sites for hydroxylation is 1. The van der Waals surface area contributed by atoms with Crippen LogP contribution in [0.3, 0.4) is 0 Å². The van der Waals surface area contributed by atoms with Gasteiger partial charge in [0, 0.05) is 11.6 Å². The lowest BCUT2D eigenvalue weighted by Gasteiger charge is -2.24. The maximum Gasteiger partial charge on any atom is 0.291 e. The predicted octanol–water partition coefficient (Wildman–Crippen LogP) is 6.07. The van der Waals surface area contributed by atoms with Gasteiger partial charge >= 0.3 is 0 Å². The van der Waals surface area contributed by atoms with Crippen LogP contribution in [0.4, 0.5) is 0 Å². The van der Waals surface area contributed by atoms with Crippen molar-refractivity contribution in [3.8, 4) is 11.5 Å². The third-order valence-electron chi connectivity index (χ3n) is 6.31. The Labute approximate surface area is 213 Å². The number of amides is 1. The monoisotopic (exact) mass is 501 g/mol. The minimum atomic E-state index is -0.677. The van der Waals surface area contributed by atoms with Crippen LogP contribution in [-0.2, 0) is 6.61 Å². The van der Waals surface area contributed by atoms with Gasteiger partial charge in [-0.25, -0.2) is 0 Å². The second-order valence-electron chi connectivity index (χ2n) is 8.60. The highest BCUT2D eigenvalue weighted by molar-refractivity contribution is 6.32. The van der Waals surface area contributed by atoms with Gasteiger partial charge < -0.3 is 18.8 Å². The van der Waals surface area contributed by atoms with Crippen molar-refractivity contribution < 1.29 is 18.7 Å². The van der Waals surface area contributed by atoms with Crippen molar-refractivity contribution >= 4 is 28.5 Å². The summed E-state index contributed by atoms with van der Waals surface area (Å²) in [5.74, 6) is 0.707. The first-order valence-electron chi connectivity index (χ1n) is 11.5. The van der Waals surface area contributed by atoms with Gasteiger partial charge in [-0.3, -0.25) is 9.59 Å². The Bertz CT molecular complexity index is 1540. The summed E-state index contributed by atoms with van der Waals surface area (Å²) in [5.41, 5.74) is 2.78. The molecule has 2 heterocycles. The Morgan fingerprint density at radius 3 is 2.58 bits per heavy atom. The smallest absolute Gasteiger partial charge is 0.291 e. The fourth-order valence-electron chi connectivity index (χ4n) is 4.52. The molecule has 0 spiro atoms. The van der Waals surface area contributed by atoms with Crippen LogP contribution >= 0.6 is 11.6 Å². The van der Waals surface area contributed by atoms with Crippen LogP contribution in [0.15, 0.2) is 82.5 Å². The number of hydrogen-bond acceptors (Lipinski definition) is 5. The van der Waals surface area contributed by atoms with Gasteiger partial charge in [-0.1, -0.05) is 54.1 Å². The van der Waals surface area contributed by atoms with Crippen LogP contribution in [0.2, 0.25) is 5.02 Å². The highest BCUT2D eigenvalue weighted by Gasteiger charge is 2.42. The van der Waals surface area contributed by atoms with Crippen LogP contribution in [-0.4, -0.2) is 24.5 Å². The minimum Gasteiger partial charge on any atom is -0.493 e. The lowest BCUT2D eigenvalue weighted by molar-refractivity contribution is 0.0748. The summed E-state index contributed by atoms with van der Waals surface area (Å²) in [6.07, 6.45) is 1.62. The van der Waals surface area contributed by atoms with Crippen molar-refractivity contribution in [1.82, 2.24) is 4.90 Å².